The summed E-state index contributed by atoms with van der Waals surface area (Å²) in [5, 5.41) is 0. The zero-order valence-electron chi connectivity index (χ0n) is 17.6. The molecule has 0 amide bonds. The maximum atomic E-state index is 6.36. The summed E-state index contributed by atoms with van der Waals surface area (Å²) in [5.41, 5.74) is 4.08. The molecule has 7 nitrogen and oxygen atoms in total. The van der Waals surface area contributed by atoms with Crippen LogP contribution in [-0.4, -0.2) is 46.6 Å². The van der Waals surface area contributed by atoms with Crippen LogP contribution in [0.1, 0.15) is 34.4 Å². The molecule has 3 aliphatic heterocycles. The van der Waals surface area contributed by atoms with Gasteiger partial charge in [-0.25, -0.2) is 0 Å². The van der Waals surface area contributed by atoms with Gasteiger partial charge < -0.3 is 28.4 Å². The molecule has 0 bridgehead atoms. The zero-order chi connectivity index (χ0) is 21.0. The number of ether oxygens (including phenoxy) is 6. The highest BCUT2D eigenvalue weighted by atomic mass is 16.7. The Kier molecular flexibility index (Phi) is 4.43. The van der Waals surface area contributed by atoms with Gasteiger partial charge in [-0.1, -0.05) is 6.58 Å². The van der Waals surface area contributed by atoms with E-state index >= 15 is 0 Å². The normalized spacial score (nSPS) is 21.7. The second-order valence-electron chi connectivity index (χ2n) is 7.62. The van der Waals surface area contributed by atoms with Crippen molar-refractivity contribution in [3.8, 4) is 28.7 Å². The topological polar surface area (TPSA) is 58.6 Å². The maximum Gasteiger partial charge on any atom is 0.231 e. The van der Waals surface area contributed by atoms with Gasteiger partial charge in [0.25, 0.3) is 0 Å². The number of likely N-dealkylation sites (N-methyl/N-ethyl adjacent to an activating group) is 1. The van der Waals surface area contributed by atoms with Gasteiger partial charge in [0.1, 0.15) is 11.9 Å². The summed E-state index contributed by atoms with van der Waals surface area (Å²) in [6.45, 7) is 5.20. The van der Waals surface area contributed by atoms with Gasteiger partial charge in [0.05, 0.1) is 32.9 Å². The minimum Gasteiger partial charge on any atom is -0.493 e. The van der Waals surface area contributed by atoms with Crippen LogP contribution in [0.3, 0.4) is 0 Å². The van der Waals surface area contributed by atoms with E-state index in [9.17, 15) is 0 Å². The third-order valence-corrected chi connectivity index (χ3v) is 6.18. The number of rotatable bonds is 4. The molecule has 0 aliphatic carbocycles. The lowest BCUT2D eigenvalue weighted by molar-refractivity contribution is 0.0623. The van der Waals surface area contributed by atoms with E-state index in [1.54, 1.807) is 21.3 Å². The molecule has 30 heavy (non-hydrogen) atoms. The third-order valence-electron chi connectivity index (χ3n) is 6.18. The summed E-state index contributed by atoms with van der Waals surface area (Å²) in [6, 6.07) is 5.79. The second-order valence-corrected chi connectivity index (χ2v) is 7.62. The SMILES string of the molecule is C=C1OC(C2c3c(cc4c(c3OC)OCO4)CCN2C)c2c1ccc(OC)c2OC. The predicted molar refractivity (Wildman–Crippen MR) is 111 cm³/mol. The van der Waals surface area contributed by atoms with E-state index < -0.39 is 0 Å². The molecule has 2 aromatic rings. The van der Waals surface area contributed by atoms with E-state index in [0.717, 1.165) is 35.4 Å². The number of methoxy groups -OCH3 is 3. The Labute approximate surface area is 175 Å². The van der Waals surface area contributed by atoms with Crippen LogP contribution in [0.15, 0.2) is 24.8 Å². The molecule has 0 radical (unpaired) electrons. The number of benzene rings is 2. The lowest BCUT2D eigenvalue weighted by Gasteiger charge is -2.39. The molecule has 158 valence electrons. The number of fused-ring (bicyclic) bond motifs is 3. The fourth-order valence-electron chi connectivity index (χ4n) is 4.82. The van der Waals surface area contributed by atoms with Gasteiger partial charge in [-0.15, -0.1) is 0 Å². The summed E-state index contributed by atoms with van der Waals surface area (Å²) < 4.78 is 34.9. The van der Waals surface area contributed by atoms with E-state index in [4.69, 9.17) is 28.4 Å². The van der Waals surface area contributed by atoms with Gasteiger partial charge in [-0.05, 0) is 37.2 Å². The molecule has 2 atom stereocenters. The summed E-state index contributed by atoms with van der Waals surface area (Å²) in [5.74, 6) is 4.02. The zero-order valence-corrected chi connectivity index (χ0v) is 17.6. The van der Waals surface area contributed by atoms with Gasteiger partial charge in [0, 0.05) is 17.7 Å². The van der Waals surface area contributed by atoms with Crippen LogP contribution in [0.5, 0.6) is 28.7 Å². The van der Waals surface area contributed by atoms with E-state index in [0.29, 0.717) is 28.8 Å². The Morgan fingerprint density at radius 1 is 1.03 bits per heavy atom. The van der Waals surface area contributed by atoms with Gasteiger partial charge in [-0.3, -0.25) is 4.90 Å². The smallest absolute Gasteiger partial charge is 0.231 e. The monoisotopic (exact) mass is 411 g/mol. The Morgan fingerprint density at radius 2 is 1.83 bits per heavy atom. The highest BCUT2D eigenvalue weighted by Gasteiger charge is 2.45. The minimum absolute atomic E-state index is 0.128. The number of hydrogen-bond donors (Lipinski definition) is 0. The maximum absolute atomic E-state index is 6.36. The second kappa shape index (κ2) is 7.02. The first kappa shape index (κ1) is 18.9. The van der Waals surface area contributed by atoms with Crippen molar-refractivity contribution in [2.24, 2.45) is 0 Å². The Morgan fingerprint density at radius 3 is 2.57 bits per heavy atom. The molecule has 0 aromatic heterocycles. The average molecular weight is 411 g/mol. The molecule has 7 heteroatoms. The largest absolute Gasteiger partial charge is 0.493 e. The van der Waals surface area contributed by atoms with Gasteiger partial charge in [0.15, 0.2) is 23.0 Å². The quantitative estimate of drug-likeness (QED) is 0.760. The van der Waals surface area contributed by atoms with Crippen molar-refractivity contribution in [3.05, 3.63) is 47.0 Å². The van der Waals surface area contributed by atoms with Crippen LogP contribution in [0.2, 0.25) is 0 Å². The highest BCUT2D eigenvalue weighted by Crippen LogP contribution is 2.57. The molecule has 0 saturated carbocycles. The molecular weight excluding hydrogens is 386 g/mol. The molecule has 3 heterocycles. The Hall–Kier alpha value is -3.06. The van der Waals surface area contributed by atoms with Crippen molar-refractivity contribution in [1.82, 2.24) is 4.90 Å². The third kappa shape index (κ3) is 2.55. The number of nitrogens with zero attached hydrogens (tertiary/aromatic N) is 1. The van der Waals surface area contributed by atoms with Crippen molar-refractivity contribution in [3.63, 3.8) is 0 Å². The Balaban J connectivity index is 1.72. The van der Waals surface area contributed by atoms with Crippen molar-refractivity contribution in [2.75, 3.05) is 41.7 Å². The van der Waals surface area contributed by atoms with E-state index in [2.05, 4.69) is 24.6 Å². The average Bonchev–Trinajstić information content (AvgIpc) is 3.35. The van der Waals surface area contributed by atoms with Crippen molar-refractivity contribution in [2.45, 2.75) is 18.6 Å². The first-order valence-electron chi connectivity index (χ1n) is 9.89. The molecule has 5 rings (SSSR count). The first-order chi connectivity index (χ1) is 14.6. The fourth-order valence-corrected chi connectivity index (χ4v) is 4.82. The van der Waals surface area contributed by atoms with E-state index in [-0.39, 0.29) is 18.9 Å². The summed E-state index contributed by atoms with van der Waals surface area (Å²) >= 11 is 0. The van der Waals surface area contributed by atoms with Crippen molar-refractivity contribution < 1.29 is 28.4 Å². The standard InChI is InChI=1S/C23H25NO6/c1-12-14-6-7-15(25-3)20(26-4)18(14)22(30-12)19-17-13(8-9-24(19)2)10-16-21(23(17)27-5)29-11-28-16/h6-7,10,19,22H,1,8-9,11H2,2-5H3. The van der Waals surface area contributed by atoms with Crippen molar-refractivity contribution >= 4 is 5.76 Å². The summed E-state index contributed by atoms with van der Waals surface area (Å²) in [4.78, 5) is 2.28. The molecule has 2 unspecified atom stereocenters. The van der Waals surface area contributed by atoms with Crippen LogP contribution < -0.4 is 23.7 Å². The molecule has 2 aromatic carbocycles. The Bertz CT molecular complexity index is 1030. The molecular formula is C23H25NO6. The summed E-state index contributed by atoms with van der Waals surface area (Å²) in [6.07, 6.45) is 0.543. The molecule has 0 saturated heterocycles. The molecule has 0 fully saturated rings. The lowest BCUT2D eigenvalue weighted by Crippen LogP contribution is -2.36. The predicted octanol–water partition coefficient (Wildman–Crippen LogP) is 3.71. The van der Waals surface area contributed by atoms with Gasteiger partial charge >= 0.3 is 0 Å². The summed E-state index contributed by atoms with van der Waals surface area (Å²) in [7, 11) is 7.03. The van der Waals surface area contributed by atoms with E-state index in [1.807, 2.05) is 12.1 Å². The molecule has 0 spiro atoms. The van der Waals surface area contributed by atoms with Gasteiger partial charge in [0.2, 0.25) is 12.5 Å². The number of hydrogen-bond acceptors (Lipinski definition) is 7. The first-order valence-corrected chi connectivity index (χ1v) is 9.89. The highest BCUT2D eigenvalue weighted by molar-refractivity contribution is 5.72. The van der Waals surface area contributed by atoms with Crippen LogP contribution in [0.4, 0.5) is 0 Å². The molecule has 3 aliphatic rings. The van der Waals surface area contributed by atoms with E-state index in [1.165, 1.54) is 5.56 Å². The van der Waals surface area contributed by atoms with Crippen LogP contribution in [-0.2, 0) is 11.2 Å². The molecule has 0 N–H and O–H groups in total. The van der Waals surface area contributed by atoms with Crippen LogP contribution in [0.25, 0.3) is 5.76 Å². The minimum atomic E-state index is -0.337. The lowest BCUT2D eigenvalue weighted by atomic mass is 9.85. The van der Waals surface area contributed by atoms with Crippen LogP contribution >= 0.6 is 0 Å². The van der Waals surface area contributed by atoms with Gasteiger partial charge in [-0.2, -0.15) is 0 Å². The van der Waals surface area contributed by atoms with Crippen LogP contribution in [0, 0.1) is 0 Å². The fraction of sp³-hybridized carbons (Fsp3) is 0.391. The van der Waals surface area contributed by atoms with Crippen molar-refractivity contribution in [1.29, 1.82) is 0 Å².